The first kappa shape index (κ1) is 10.2. The Morgan fingerprint density at radius 1 is 1.40 bits per heavy atom. The first-order chi connectivity index (χ1) is 7.36. The highest BCUT2D eigenvalue weighted by Gasteiger charge is 1.96. The number of nitrogens with zero attached hydrogens (tertiary/aromatic N) is 1. The van der Waals surface area contributed by atoms with Crippen LogP contribution in [0, 0.1) is 6.92 Å². The zero-order chi connectivity index (χ0) is 10.5. The van der Waals surface area contributed by atoms with E-state index in [9.17, 15) is 0 Å². The van der Waals surface area contributed by atoms with Gasteiger partial charge < -0.3 is 5.32 Å². The third-order valence-corrected chi connectivity index (χ3v) is 3.06. The number of rotatable bonds is 4. The number of nitrogens with one attached hydrogen (secondary N) is 1. The van der Waals surface area contributed by atoms with Gasteiger partial charge in [0, 0.05) is 24.6 Å². The summed E-state index contributed by atoms with van der Waals surface area (Å²) in [5.74, 6) is 0. The normalized spacial score (nSPS) is 10.2. The standard InChI is InChI=1S/C12H14N2S/c1-10-8-13-5-3-12(10)14-6-2-11-4-7-15-9-11/h3-5,7-9H,2,6H2,1H3,(H,13,14). The lowest BCUT2D eigenvalue weighted by Gasteiger charge is -2.07. The maximum absolute atomic E-state index is 4.06. The lowest BCUT2D eigenvalue weighted by molar-refractivity contribution is 1.02. The minimum Gasteiger partial charge on any atom is -0.384 e. The van der Waals surface area contributed by atoms with Gasteiger partial charge in [-0.25, -0.2) is 0 Å². The SMILES string of the molecule is Cc1cnccc1NCCc1ccsc1. The van der Waals surface area contributed by atoms with Gasteiger partial charge in [-0.15, -0.1) is 0 Å². The lowest BCUT2D eigenvalue weighted by Crippen LogP contribution is -2.05. The number of aryl methyl sites for hydroxylation is 1. The number of hydrogen-bond acceptors (Lipinski definition) is 3. The Balaban J connectivity index is 1.86. The van der Waals surface area contributed by atoms with E-state index < -0.39 is 0 Å². The highest BCUT2D eigenvalue weighted by molar-refractivity contribution is 7.07. The van der Waals surface area contributed by atoms with Gasteiger partial charge in [-0.3, -0.25) is 4.98 Å². The highest BCUT2D eigenvalue weighted by atomic mass is 32.1. The third-order valence-electron chi connectivity index (χ3n) is 2.33. The van der Waals surface area contributed by atoms with Crippen LogP contribution in [0.25, 0.3) is 0 Å². The van der Waals surface area contributed by atoms with Crippen LogP contribution in [0.2, 0.25) is 0 Å². The first-order valence-electron chi connectivity index (χ1n) is 5.02. The largest absolute Gasteiger partial charge is 0.384 e. The molecule has 2 aromatic heterocycles. The predicted octanol–water partition coefficient (Wildman–Crippen LogP) is 3.11. The molecule has 0 aromatic carbocycles. The van der Waals surface area contributed by atoms with Crippen LogP contribution in [-0.2, 0) is 6.42 Å². The molecule has 0 aliphatic rings. The van der Waals surface area contributed by atoms with Crippen molar-refractivity contribution in [2.75, 3.05) is 11.9 Å². The van der Waals surface area contributed by atoms with E-state index in [4.69, 9.17) is 0 Å². The Kier molecular flexibility index (Phi) is 3.35. The molecule has 0 spiro atoms. The summed E-state index contributed by atoms with van der Waals surface area (Å²) in [6, 6.07) is 4.19. The Bertz CT molecular complexity index is 409. The lowest BCUT2D eigenvalue weighted by atomic mass is 10.2. The van der Waals surface area contributed by atoms with E-state index >= 15 is 0 Å². The third kappa shape index (κ3) is 2.80. The van der Waals surface area contributed by atoms with E-state index in [1.165, 1.54) is 16.8 Å². The average molecular weight is 218 g/mol. The molecule has 0 unspecified atom stereocenters. The zero-order valence-corrected chi connectivity index (χ0v) is 9.55. The molecular formula is C12H14N2S. The van der Waals surface area contributed by atoms with Gasteiger partial charge in [-0.1, -0.05) is 0 Å². The Morgan fingerprint density at radius 3 is 3.07 bits per heavy atom. The van der Waals surface area contributed by atoms with Gasteiger partial charge >= 0.3 is 0 Å². The fourth-order valence-corrected chi connectivity index (χ4v) is 2.15. The molecule has 0 saturated heterocycles. The fraction of sp³-hybridized carbons (Fsp3) is 0.250. The highest BCUT2D eigenvalue weighted by Crippen LogP contribution is 2.12. The van der Waals surface area contributed by atoms with Crippen molar-refractivity contribution in [3.05, 3.63) is 46.4 Å². The van der Waals surface area contributed by atoms with Crippen LogP contribution in [0.15, 0.2) is 35.3 Å². The molecule has 2 nitrogen and oxygen atoms in total. The molecule has 0 aliphatic heterocycles. The summed E-state index contributed by atoms with van der Waals surface area (Å²) in [6.45, 7) is 3.04. The summed E-state index contributed by atoms with van der Waals surface area (Å²) < 4.78 is 0. The summed E-state index contributed by atoms with van der Waals surface area (Å²) in [4.78, 5) is 4.06. The maximum atomic E-state index is 4.06. The summed E-state index contributed by atoms with van der Waals surface area (Å²) in [5, 5.41) is 7.73. The van der Waals surface area contributed by atoms with E-state index in [2.05, 4.69) is 34.1 Å². The van der Waals surface area contributed by atoms with Crippen molar-refractivity contribution in [2.24, 2.45) is 0 Å². The molecule has 1 N–H and O–H groups in total. The Morgan fingerprint density at radius 2 is 2.33 bits per heavy atom. The van der Waals surface area contributed by atoms with Gasteiger partial charge in [-0.05, 0) is 47.4 Å². The molecule has 0 aliphatic carbocycles. The van der Waals surface area contributed by atoms with Crippen LogP contribution in [0.5, 0.6) is 0 Å². The van der Waals surface area contributed by atoms with Crippen molar-refractivity contribution >= 4 is 17.0 Å². The van der Waals surface area contributed by atoms with Crippen LogP contribution in [0.1, 0.15) is 11.1 Å². The smallest absolute Gasteiger partial charge is 0.0400 e. The first-order valence-corrected chi connectivity index (χ1v) is 5.96. The van der Waals surface area contributed by atoms with E-state index in [0.717, 1.165) is 13.0 Å². The van der Waals surface area contributed by atoms with E-state index in [0.29, 0.717) is 0 Å². The van der Waals surface area contributed by atoms with Crippen molar-refractivity contribution in [3.63, 3.8) is 0 Å². The molecule has 0 fully saturated rings. The van der Waals surface area contributed by atoms with E-state index in [1.54, 1.807) is 11.3 Å². The summed E-state index contributed by atoms with van der Waals surface area (Å²) in [6.07, 6.45) is 4.78. The van der Waals surface area contributed by atoms with Gasteiger partial charge in [0.05, 0.1) is 0 Å². The van der Waals surface area contributed by atoms with Crippen molar-refractivity contribution < 1.29 is 0 Å². The minimum atomic E-state index is 0.974. The average Bonchev–Trinajstić information content (AvgIpc) is 2.74. The molecule has 0 bridgehead atoms. The monoisotopic (exact) mass is 218 g/mol. The van der Waals surface area contributed by atoms with Gasteiger partial charge in [-0.2, -0.15) is 11.3 Å². The molecular weight excluding hydrogens is 204 g/mol. The van der Waals surface area contributed by atoms with Crippen LogP contribution < -0.4 is 5.32 Å². The quantitative estimate of drug-likeness (QED) is 0.853. The number of aromatic nitrogens is 1. The molecule has 2 heterocycles. The van der Waals surface area contributed by atoms with Gasteiger partial charge in [0.2, 0.25) is 0 Å². The Hall–Kier alpha value is -1.35. The molecule has 0 saturated carbocycles. The van der Waals surface area contributed by atoms with Gasteiger partial charge in [0.15, 0.2) is 0 Å². The van der Waals surface area contributed by atoms with Crippen LogP contribution in [0.4, 0.5) is 5.69 Å². The second-order valence-corrected chi connectivity index (χ2v) is 4.28. The van der Waals surface area contributed by atoms with E-state index in [-0.39, 0.29) is 0 Å². The molecule has 2 rings (SSSR count). The molecule has 0 radical (unpaired) electrons. The topological polar surface area (TPSA) is 24.9 Å². The predicted molar refractivity (Wildman–Crippen MR) is 65.5 cm³/mol. The molecule has 0 atom stereocenters. The van der Waals surface area contributed by atoms with Crippen molar-refractivity contribution in [3.8, 4) is 0 Å². The van der Waals surface area contributed by atoms with Crippen LogP contribution in [0.3, 0.4) is 0 Å². The van der Waals surface area contributed by atoms with Crippen LogP contribution in [-0.4, -0.2) is 11.5 Å². The molecule has 2 aromatic rings. The van der Waals surface area contributed by atoms with Crippen molar-refractivity contribution in [1.29, 1.82) is 0 Å². The van der Waals surface area contributed by atoms with Crippen molar-refractivity contribution in [2.45, 2.75) is 13.3 Å². The molecule has 3 heteroatoms. The zero-order valence-electron chi connectivity index (χ0n) is 8.73. The second kappa shape index (κ2) is 4.94. The maximum Gasteiger partial charge on any atom is 0.0400 e. The van der Waals surface area contributed by atoms with Gasteiger partial charge in [0.25, 0.3) is 0 Å². The Labute approximate surface area is 94.0 Å². The summed E-state index contributed by atoms with van der Waals surface area (Å²) in [7, 11) is 0. The van der Waals surface area contributed by atoms with Gasteiger partial charge in [0.1, 0.15) is 0 Å². The molecule has 78 valence electrons. The molecule has 15 heavy (non-hydrogen) atoms. The number of anilines is 1. The number of pyridine rings is 1. The van der Waals surface area contributed by atoms with Crippen molar-refractivity contribution in [1.82, 2.24) is 4.98 Å². The minimum absolute atomic E-state index is 0.974. The fourth-order valence-electron chi connectivity index (χ4n) is 1.45. The summed E-state index contributed by atoms with van der Waals surface area (Å²) >= 11 is 1.75. The van der Waals surface area contributed by atoms with E-state index in [1.807, 2.05) is 18.5 Å². The number of hydrogen-bond donors (Lipinski definition) is 1. The molecule has 0 amide bonds. The second-order valence-electron chi connectivity index (χ2n) is 3.50. The van der Waals surface area contributed by atoms with Crippen LogP contribution >= 0.6 is 11.3 Å². The number of thiophene rings is 1. The summed E-state index contributed by atoms with van der Waals surface area (Å²) in [5.41, 5.74) is 3.78.